The van der Waals surface area contributed by atoms with Crippen LogP contribution in [0, 0.1) is 0 Å². The maximum Gasteiger partial charge on any atom is 0.338 e. The van der Waals surface area contributed by atoms with Crippen molar-refractivity contribution < 1.29 is 14.3 Å². The fraction of sp³-hybridized carbons (Fsp3) is 0.167. The van der Waals surface area contributed by atoms with Crippen LogP contribution in [0.1, 0.15) is 6.92 Å². The lowest BCUT2D eigenvalue weighted by atomic mass is 10.3. The maximum absolute atomic E-state index is 11.6. The van der Waals surface area contributed by atoms with Gasteiger partial charge in [-0.15, -0.1) is 0 Å². The Kier molecular flexibility index (Phi) is 5.76. The summed E-state index contributed by atoms with van der Waals surface area (Å²) >= 11 is 9.32. The fourth-order valence-electron chi connectivity index (χ4n) is 1.00. The molecule has 1 aromatic rings. The van der Waals surface area contributed by atoms with Gasteiger partial charge in [0.2, 0.25) is 2.14 Å². The van der Waals surface area contributed by atoms with Crippen molar-refractivity contribution in [1.29, 1.82) is 0 Å². The smallest absolute Gasteiger partial charge is 0.338 e. The highest BCUT2D eigenvalue weighted by Gasteiger charge is 2.28. The first-order valence-corrected chi connectivity index (χ1v) is 7.44. The van der Waals surface area contributed by atoms with Crippen molar-refractivity contribution in [2.24, 2.45) is 0 Å². The lowest BCUT2D eigenvalue weighted by molar-refractivity contribution is -0.130. The van der Waals surface area contributed by atoms with Crippen molar-refractivity contribution in [3.63, 3.8) is 0 Å². The highest BCUT2D eigenvalue weighted by atomic mass is 80.0. The Balaban J connectivity index is 2.70. The van der Waals surface area contributed by atoms with Crippen LogP contribution in [-0.4, -0.2) is 14.0 Å². The van der Waals surface area contributed by atoms with E-state index >= 15 is 0 Å². The van der Waals surface area contributed by atoms with E-state index in [-0.39, 0.29) is 5.91 Å². The number of carbonyl (C=O) groups excluding carboxylic acids is 2. The molecule has 0 aromatic heterocycles. The first-order chi connectivity index (χ1) is 8.70. The van der Waals surface area contributed by atoms with Crippen molar-refractivity contribution in [1.82, 2.24) is 0 Å². The summed E-state index contributed by atoms with van der Waals surface area (Å²) in [5, 5.41) is 2.65. The van der Waals surface area contributed by atoms with Gasteiger partial charge in [0.15, 0.2) is 0 Å². The van der Waals surface area contributed by atoms with Gasteiger partial charge in [0.05, 0.1) is 0 Å². The monoisotopic (exact) mass is 453 g/mol. The molecule has 102 valence electrons. The zero-order chi connectivity index (χ0) is 14.6. The van der Waals surface area contributed by atoms with E-state index in [1.54, 1.807) is 31.2 Å². The second kappa shape index (κ2) is 6.67. The van der Waals surface area contributed by atoms with Gasteiger partial charge in [0.25, 0.3) is 5.91 Å². The molecule has 0 saturated heterocycles. The molecule has 0 aliphatic carbocycles. The average Bonchev–Trinajstić information content (AvgIpc) is 2.30. The van der Waals surface area contributed by atoms with Crippen LogP contribution in [-0.2, 0) is 9.59 Å². The molecule has 1 aromatic carbocycles. The molecular formula is C12H10Br3NO3. The third-order valence-corrected chi connectivity index (χ3v) is 3.01. The van der Waals surface area contributed by atoms with Crippen molar-refractivity contribution >= 4 is 65.4 Å². The van der Waals surface area contributed by atoms with Gasteiger partial charge in [0.1, 0.15) is 5.75 Å². The number of esters is 1. The number of ether oxygens (including phenoxy) is 1. The summed E-state index contributed by atoms with van der Waals surface area (Å²) in [5.74, 6) is -0.426. The van der Waals surface area contributed by atoms with E-state index in [9.17, 15) is 9.59 Å². The number of amides is 1. The molecule has 1 N–H and O–H groups in total. The number of benzene rings is 1. The van der Waals surface area contributed by atoms with E-state index in [1.165, 1.54) is 0 Å². The molecule has 19 heavy (non-hydrogen) atoms. The Morgan fingerprint density at radius 3 is 2.16 bits per heavy atom. The minimum atomic E-state index is -1.02. The largest absolute Gasteiger partial charge is 0.423 e. The summed E-state index contributed by atoms with van der Waals surface area (Å²) in [6, 6.07) is 6.40. The molecule has 1 rings (SSSR count). The normalized spacial score (nSPS) is 10.7. The molecule has 0 saturated carbocycles. The predicted molar refractivity (Wildman–Crippen MR) is 85.0 cm³/mol. The van der Waals surface area contributed by atoms with E-state index in [4.69, 9.17) is 4.74 Å². The van der Waals surface area contributed by atoms with Crippen LogP contribution < -0.4 is 10.1 Å². The number of rotatable bonds is 3. The molecule has 0 aliphatic heterocycles. The molecule has 0 bridgehead atoms. The van der Waals surface area contributed by atoms with Crippen LogP contribution in [0.5, 0.6) is 5.75 Å². The summed E-state index contributed by atoms with van der Waals surface area (Å²) in [6.45, 7) is 5.06. The average molecular weight is 456 g/mol. The van der Waals surface area contributed by atoms with Gasteiger partial charge in [-0.3, -0.25) is 4.79 Å². The van der Waals surface area contributed by atoms with Crippen molar-refractivity contribution in [2.75, 3.05) is 5.32 Å². The number of anilines is 1. The molecular weight excluding hydrogens is 446 g/mol. The summed E-state index contributed by atoms with van der Waals surface area (Å²) in [5.41, 5.74) is 0.892. The molecule has 0 fully saturated rings. The van der Waals surface area contributed by atoms with Crippen molar-refractivity contribution in [3.8, 4) is 5.75 Å². The van der Waals surface area contributed by atoms with E-state index in [0.717, 1.165) is 0 Å². The van der Waals surface area contributed by atoms with Crippen molar-refractivity contribution in [2.45, 2.75) is 9.07 Å². The second-order valence-corrected chi connectivity index (χ2v) is 10.4. The topological polar surface area (TPSA) is 55.4 Å². The highest BCUT2D eigenvalue weighted by molar-refractivity contribution is 9.40. The van der Waals surface area contributed by atoms with Gasteiger partial charge in [-0.1, -0.05) is 6.58 Å². The minimum absolute atomic E-state index is 0.319. The first-order valence-electron chi connectivity index (χ1n) is 5.06. The zero-order valence-corrected chi connectivity index (χ0v) is 14.6. The Morgan fingerprint density at radius 1 is 1.21 bits per heavy atom. The number of hydrogen-bond acceptors (Lipinski definition) is 3. The third-order valence-electron chi connectivity index (χ3n) is 1.93. The molecule has 4 nitrogen and oxygen atoms in total. The summed E-state index contributed by atoms with van der Waals surface area (Å²) in [7, 11) is 0. The Bertz CT molecular complexity index is 506. The van der Waals surface area contributed by atoms with Gasteiger partial charge in [-0.05, 0) is 79.0 Å². The standard InChI is InChI=1S/C12H10Br3NO3/c1-7(2)10(17)19-9-5-3-8(4-6-9)16-11(18)12(13,14)15/h3-6H,1H2,2H3,(H,16,18). The van der Waals surface area contributed by atoms with E-state index in [1.807, 2.05) is 0 Å². The quantitative estimate of drug-likeness (QED) is 0.325. The molecule has 0 radical (unpaired) electrons. The van der Waals surface area contributed by atoms with Crippen LogP contribution in [0.2, 0.25) is 0 Å². The number of carbonyl (C=O) groups is 2. The van der Waals surface area contributed by atoms with Gasteiger partial charge < -0.3 is 10.1 Å². The summed E-state index contributed by atoms with van der Waals surface area (Å²) < 4.78 is 4.01. The Hall–Kier alpha value is -0.660. The summed E-state index contributed by atoms with van der Waals surface area (Å²) in [4.78, 5) is 22.9. The molecule has 0 heterocycles. The lowest BCUT2D eigenvalue weighted by Crippen LogP contribution is -2.25. The van der Waals surface area contributed by atoms with E-state index in [2.05, 4.69) is 59.7 Å². The number of halogens is 3. The van der Waals surface area contributed by atoms with Crippen molar-refractivity contribution in [3.05, 3.63) is 36.4 Å². The molecule has 0 atom stereocenters. The number of alkyl halides is 3. The molecule has 0 unspecified atom stereocenters. The molecule has 0 spiro atoms. The SMILES string of the molecule is C=C(C)C(=O)Oc1ccc(NC(=O)C(Br)(Br)Br)cc1. The Labute approximate surface area is 136 Å². The first kappa shape index (κ1) is 16.4. The Morgan fingerprint density at radius 2 is 1.74 bits per heavy atom. The maximum atomic E-state index is 11.6. The van der Waals surface area contributed by atoms with Crippen LogP contribution >= 0.6 is 47.8 Å². The zero-order valence-electron chi connectivity index (χ0n) is 9.88. The van der Waals surface area contributed by atoms with Crippen LogP contribution in [0.4, 0.5) is 5.69 Å². The van der Waals surface area contributed by atoms with Gasteiger partial charge in [0, 0.05) is 11.3 Å². The van der Waals surface area contributed by atoms with Crippen LogP contribution in [0.25, 0.3) is 0 Å². The molecule has 1 amide bonds. The van der Waals surface area contributed by atoms with Gasteiger partial charge in [-0.25, -0.2) is 4.79 Å². The van der Waals surface area contributed by atoms with Crippen LogP contribution in [0.3, 0.4) is 0 Å². The van der Waals surface area contributed by atoms with Gasteiger partial charge in [-0.2, -0.15) is 0 Å². The molecule has 0 aliphatic rings. The predicted octanol–water partition coefficient (Wildman–Crippen LogP) is 3.95. The second-order valence-electron chi connectivity index (χ2n) is 3.65. The van der Waals surface area contributed by atoms with E-state index in [0.29, 0.717) is 17.0 Å². The third kappa shape index (κ3) is 5.46. The van der Waals surface area contributed by atoms with Crippen LogP contribution in [0.15, 0.2) is 36.4 Å². The number of nitrogens with one attached hydrogen (secondary N) is 1. The fourth-order valence-corrected chi connectivity index (χ4v) is 1.30. The van der Waals surface area contributed by atoms with Gasteiger partial charge >= 0.3 is 5.97 Å². The minimum Gasteiger partial charge on any atom is -0.423 e. The highest BCUT2D eigenvalue weighted by Crippen LogP contribution is 2.34. The molecule has 7 heteroatoms. The van der Waals surface area contributed by atoms with E-state index < -0.39 is 8.11 Å². The number of hydrogen-bond donors (Lipinski definition) is 1. The summed E-state index contributed by atoms with van der Waals surface area (Å²) in [6.07, 6.45) is 0. The lowest BCUT2D eigenvalue weighted by Gasteiger charge is -2.12.